The van der Waals surface area contributed by atoms with E-state index in [2.05, 4.69) is 5.32 Å². The standard InChI is InChI=1S/C14H20Cl2N2O/c1-9(2)7-13(17)14(19)18-6-5-10-3-4-11(15)8-12(10)16/h3-4,8-9,13H,5-7,17H2,1-2H3,(H,18,19). The molecule has 1 unspecified atom stereocenters. The number of hydrogen-bond acceptors (Lipinski definition) is 2. The Hall–Kier alpha value is -0.770. The Kier molecular flexibility index (Phi) is 6.63. The second-order valence-electron chi connectivity index (χ2n) is 5.01. The molecule has 0 aromatic heterocycles. The van der Waals surface area contributed by atoms with Crippen molar-refractivity contribution in [2.75, 3.05) is 6.54 Å². The zero-order chi connectivity index (χ0) is 14.4. The number of rotatable bonds is 6. The first-order valence-corrected chi connectivity index (χ1v) is 7.13. The third kappa shape index (κ3) is 5.81. The van der Waals surface area contributed by atoms with Crippen molar-refractivity contribution in [3.63, 3.8) is 0 Å². The van der Waals surface area contributed by atoms with Crippen LogP contribution in [0.15, 0.2) is 18.2 Å². The van der Waals surface area contributed by atoms with Gasteiger partial charge in [0.1, 0.15) is 0 Å². The van der Waals surface area contributed by atoms with Gasteiger partial charge in [0, 0.05) is 16.6 Å². The summed E-state index contributed by atoms with van der Waals surface area (Å²) in [6, 6.07) is 4.91. The molecule has 0 radical (unpaired) electrons. The smallest absolute Gasteiger partial charge is 0.236 e. The van der Waals surface area contributed by atoms with Gasteiger partial charge in [-0.15, -0.1) is 0 Å². The van der Waals surface area contributed by atoms with E-state index >= 15 is 0 Å². The number of amides is 1. The van der Waals surface area contributed by atoms with E-state index in [1.807, 2.05) is 19.9 Å². The lowest BCUT2D eigenvalue weighted by Crippen LogP contribution is -2.42. The van der Waals surface area contributed by atoms with Crippen LogP contribution in [0, 0.1) is 5.92 Å². The van der Waals surface area contributed by atoms with E-state index in [1.54, 1.807) is 12.1 Å². The van der Waals surface area contributed by atoms with Gasteiger partial charge in [0.25, 0.3) is 0 Å². The fraction of sp³-hybridized carbons (Fsp3) is 0.500. The van der Waals surface area contributed by atoms with Gasteiger partial charge in [0.2, 0.25) is 5.91 Å². The molecule has 5 heteroatoms. The number of hydrogen-bond donors (Lipinski definition) is 2. The molecule has 1 aromatic rings. The highest BCUT2D eigenvalue weighted by molar-refractivity contribution is 6.35. The second-order valence-corrected chi connectivity index (χ2v) is 5.86. The first kappa shape index (κ1) is 16.3. The molecular weight excluding hydrogens is 283 g/mol. The molecule has 0 heterocycles. The predicted molar refractivity (Wildman–Crippen MR) is 80.6 cm³/mol. The molecule has 0 bridgehead atoms. The summed E-state index contributed by atoms with van der Waals surface area (Å²) in [7, 11) is 0. The molecule has 0 aliphatic rings. The quantitative estimate of drug-likeness (QED) is 0.848. The zero-order valence-corrected chi connectivity index (χ0v) is 12.8. The number of carbonyl (C=O) groups excluding carboxylic acids is 1. The summed E-state index contributed by atoms with van der Waals surface area (Å²) in [5.74, 6) is 0.297. The van der Waals surface area contributed by atoms with Gasteiger partial charge >= 0.3 is 0 Å². The first-order chi connectivity index (χ1) is 8.90. The van der Waals surface area contributed by atoms with Gasteiger partial charge in [-0.25, -0.2) is 0 Å². The minimum atomic E-state index is -0.444. The topological polar surface area (TPSA) is 55.1 Å². The lowest BCUT2D eigenvalue weighted by molar-refractivity contribution is -0.122. The van der Waals surface area contributed by atoms with Crippen LogP contribution in [0.1, 0.15) is 25.8 Å². The maximum Gasteiger partial charge on any atom is 0.236 e. The lowest BCUT2D eigenvalue weighted by atomic mass is 10.0. The Morgan fingerprint density at radius 2 is 2.05 bits per heavy atom. The molecule has 0 saturated heterocycles. The maximum absolute atomic E-state index is 11.7. The largest absolute Gasteiger partial charge is 0.354 e. The fourth-order valence-electron chi connectivity index (χ4n) is 1.79. The minimum Gasteiger partial charge on any atom is -0.354 e. The number of nitrogens with two attached hydrogens (primary N) is 1. The van der Waals surface area contributed by atoms with Gasteiger partial charge in [-0.1, -0.05) is 43.1 Å². The average Bonchev–Trinajstić information content (AvgIpc) is 2.30. The van der Waals surface area contributed by atoms with E-state index < -0.39 is 6.04 Å². The van der Waals surface area contributed by atoms with Crippen LogP contribution < -0.4 is 11.1 Å². The molecule has 0 aliphatic heterocycles. The van der Waals surface area contributed by atoms with E-state index in [4.69, 9.17) is 28.9 Å². The highest BCUT2D eigenvalue weighted by Crippen LogP contribution is 2.21. The van der Waals surface area contributed by atoms with Gasteiger partial charge < -0.3 is 11.1 Å². The summed E-state index contributed by atoms with van der Waals surface area (Å²) >= 11 is 11.9. The van der Waals surface area contributed by atoms with Gasteiger partial charge in [0.05, 0.1) is 6.04 Å². The molecule has 106 valence electrons. The third-order valence-corrected chi connectivity index (χ3v) is 3.36. The molecule has 0 saturated carbocycles. The summed E-state index contributed by atoms with van der Waals surface area (Å²) < 4.78 is 0. The van der Waals surface area contributed by atoms with Crippen molar-refractivity contribution >= 4 is 29.1 Å². The summed E-state index contributed by atoms with van der Waals surface area (Å²) in [5.41, 5.74) is 6.75. The van der Waals surface area contributed by atoms with Crippen LogP contribution in [0.4, 0.5) is 0 Å². The van der Waals surface area contributed by atoms with Crippen molar-refractivity contribution in [3.05, 3.63) is 33.8 Å². The van der Waals surface area contributed by atoms with E-state index in [9.17, 15) is 4.79 Å². The molecule has 1 atom stereocenters. The van der Waals surface area contributed by atoms with E-state index in [1.165, 1.54) is 0 Å². The van der Waals surface area contributed by atoms with Crippen LogP contribution in [0.3, 0.4) is 0 Å². The van der Waals surface area contributed by atoms with E-state index in [0.29, 0.717) is 35.3 Å². The highest BCUT2D eigenvalue weighted by atomic mass is 35.5. The summed E-state index contributed by atoms with van der Waals surface area (Å²) in [5, 5.41) is 4.05. The molecule has 3 N–H and O–H groups in total. The molecule has 1 rings (SSSR count). The molecule has 0 fully saturated rings. The first-order valence-electron chi connectivity index (χ1n) is 6.37. The Balaban J connectivity index is 2.39. The molecule has 3 nitrogen and oxygen atoms in total. The maximum atomic E-state index is 11.7. The Morgan fingerprint density at radius 1 is 1.37 bits per heavy atom. The van der Waals surface area contributed by atoms with E-state index in [-0.39, 0.29) is 5.91 Å². The van der Waals surface area contributed by atoms with Crippen molar-refractivity contribution in [1.82, 2.24) is 5.32 Å². The molecule has 19 heavy (non-hydrogen) atoms. The summed E-state index contributed by atoms with van der Waals surface area (Å²) in [6.07, 6.45) is 1.35. The summed E-state index contributed by atoms with van der Waals surface area (Å²) in [4.78, 5) is 11.7. The van der Waals surface area contributed by atoms with Gasteiger partial charge in [-0.3, -0.25) is 4.79 Å². The van der Waals surface area contributed by atoms with Crippen LogP contribution in [0.2, 0.25) is 10.0 Å². The predicted octanol–water partition coefficient (Wildman–Crippen LogP) is 3.03. The molecule has 0 aliphatic carbocycles. The Labute approximate surface area is 124 Å². The second kappa shape index (κ2) is 7.73. The van der Waals surface area contributed by atoms with Crippen molar-refractivity contribution in [2.24, 2.45) is 11.7 Å². The fourth-order valence-corrected chi connectivity index (χ4v) is 2.29. The number of carbonyl (C=O) groups is 1. The minimum absolute atomic E-state index is 0.112. The van der Waals surface area contributed by atoms with Gasteiger partial charge in [-0.05, 0) is 36.5 Å². The van der Waals surface area contributed by atoms with Crippen molar-refractivity contribution in [1.29, 1.82) is 0 Å². The van der Waals surface area contributed by atoms with Crippen molar-refractivity contribution in [2.45, 2.75) is 32.7 Å². The Morgan fingerprint density at radius 3 is 2.63 bits per heavy atom. The third-order valence-electron chi connectivity index (χ3n) is 2.77. The molecular formula is C14H20Cl2N2O. The van der Waals surface area contributed by atoms with Crippen LogP contribution >= 0.6 is 23.2 Å². The normalized spacial score (nSPS) is 12.5. The van der Waals surface area contributed by atoms with Crippen LogP contribution in [-0.2, 0) is 11.2 Å². The number of nitrogens with one attached hydrogen (secondary N) is 1. The molecule has 1 aromatic carbocycles. The van der Waals surface area contributed by atoms with Crippen LogP contribution in [0.25, 0.3) is 0 Å². The number of benzene rings is 1. The molecule has 0 spiro atoms. The monoisotopic (exact) mass is 302 g/mol. The van der Waals surface area contributed by atoms with Gasteiger partial charge in [0.15, 0.2) is 0 Å². The van der Waals surface area contributed by atoms with Crippen molar-refractivity contribution in [3.8, 4) is 0 Å². The zero-order valence-electron chi connectivity index (χ0n) is 11.2. The molecule has 1 amide bonds. The van der Waals surface area contributed by atoms with Crippen LogP contribution in [-0.4, -0.2) is 18.5 Å². The van der Waals surface area contributed by atoms with Gasteiger partial charge in [-0.2, -0.15) is 0 Å². The number of halogens is 2. The highest BCUT2D eigenvalue weighted by Gasteiger charge is 2.14. The SMILES string of the molecule is CC(C)CC(N)C(=O)NCCc1ccc(Cl)cc1Cl. The summed E-state index contributed by atoms with van der Waals surface area (Å²) in [6.45, 7) is 4.60. The van der Waals surface area contributed by atoms with Crippen LogP contribution in [0.5, 0.6) is 0 Å². The van der Waals surface area contributed by atoms with Crippen molar-refractivity contribution < 1.29 is 4.79 Å². The Bertz CT molecular complexity index is 435. The lowest BCUT2D eigenvalue weighted by Gasteiger charge is -2.14. The van der Waals surface area contributed by atoms with E-state index in [0.717, 1.165) is 5.56 Å². The average molecular weight is 303 g/mol.